The molecule has 0 radical (unpaired) electrons. The van der Waals surface area contributed by atoms with Gasteiger partial charge in [-0.25, -0.2) is 14.4 Å². The number of benzene rings is 2. The number of aliphatic carboxylic acids is 2. The summed E-state index contributed by atoms with van der Waals surface area (Å²) in [5.74, 6) is -2.69. The summed E-state index contributed by atoms with van der Waals surface area (Å²) < 4.78 is 5.04. The summed E-state index contributed by atoms with van der Waals surface area (Å²) in [6.45, 7) is 2.01. The molecule has 0 aliphatic carbocycles. The Bertz CT molecular complexity index is 1260. The number of amides is 1. The van der Waals surface area contributed by atoms with Crippen molar-refractivity contribution in [3.8, 4) is 0 Å². The van der Waals surface area contributed by atoms with Crippen molar-refractivity contribution in [2.75, 3.05) is 11.9 Å². The zero-order chi connectivity index (χ0) is 23.5. The topological polar surface area (TPSA) is 125 Å². The predicted molar refractivity (Wildman–Crippen MR) is 118 cm³/mol. The van der Waals surface area contributed by atoms with Crippen LogP contribution in [-0.4, -0.2) is 34.9 Å². The van der Waals surface area contributed by atoms with E-state index in [2.05, 4.69) is 10.3 Å². The lowest BCUT2D eigenvalue weighted by Crippen LogP contribution is -2.36. The molecular weight excluding hydrogens is 459 g/mol. The van der Waals surface area contributed by atoms with Crippen molar-refractivity contribution in [1.29, 1.82) is 0 Å². The third kappa shape index (κ3) is 4.32. The summed E-state index contributed by atoms with van der Waals surface area (Å²) in [6, 6.07) is 9.01. The van der Waals surface area contributed by atoms with Gasteiger partial charge in [0, 0.05) is 27.5 Å². The minimum absolute atomic E-state index is 0.0141. The molecule has 0 saturated carbocycles. The Morgan fingerprint density at radius 1 is 1.19 bits per heavy atom. The molecule has 2 aromatic rings. The second-order valence-electron chi connectivity index (χ2n) is 6.80. The Kier molecular flexibility index (Phi) is 6.86. The van der Waals surface area contributed by atoms with E-state index in [1.165, 1.54) is 24.3 Å². The number of para-hydroxylation sites is 1. The van der Waals surface area contributed by atoms with E-state index in [4.69, 9.17) is 33.0 Å². The van der Waals surface area contributed by atoms with Gasteiger partial charge in [0.05, 0.1) is 22.7 Å². The van der Waals surface area contributed by atoms with Crippen LogP contribution in [0.15, 0.2) is 53.5 Å². The molecule has 8 nitrogen and oxygen atoms in total. The average Bonchev–Trinajstić information content (AvgIpc) is 3.06. The van der Waals surface area contributed by atoms with Crippen LogP contribution in [0.1, 0.15) is 18.9 Å². The second-order valence-corrected chi connectivity index (χ2v) is 7.64. The third-order valence-corrected chi connectivity index (χ3v) is 5.19. The molecule has 1 aliphatic rings. The van der Waals surface area contributed by atoms with E-state index >= 15 is 0 Å². The Hall–Kier alpha value is -3.36. The maximum absolute atomic E-state index is 12.7. The number of carboxylic acid groups (broad SMARTS) is 2. The number of halogens is 2. The molecule has 1 heterocycles. The number of rotatable bonds is 7. The van der Waals surface area contributed by atoms with Crippen LogP contribution >= 0.6 is 23.2 Å². The molecule has 2 aromatic carbocycles. The summed E-state index contributed by atoms with van der Waals surface area (Å²) in [5.41, 5.74) is -1.86. The largest absolute Gasteiger partial charge is 0.479 e. The Morgan fingerprint density at radius 2 is 1.91 bits per heavy atom. The summed E-state index contributed by atoms with van der Waals surface area (Å²) in [6.07, 6.45) is 1.78. The number of anilines is 1. The molecule has 10 heteroatoms. The zero-order valence-corrected chi connectivity index (χ0v) is 18.3. The average molecular weight is 477 g/mol. The first kappa shape index (κ1) is 23.3. The molecule has 1 unspecified atom stereocenters. The van der Waals surface area contributed by atoms with Gasteiger partial charge < -0.3 is 14.9 Å². The molecule has 0 aromatic heterocycles. The minimum Gasteiger partial charge on any atom is -0.479 e. The lowest BCUT2D eigenvalue weighted by molar-refractivity contribution is -0.141. The Morgan fingerprint density at radius 3 is 2.56 bits per heavy atom. The van der Waals surface area contributed by atoms with Crippen LogP contribution in [-0.2, 0) is 19.9 Å². The molecular formula is C22H18Cl2N2O6. The number of fused-ring (bicyclic) bond motifs is 1. The van der Waals surface area contributed by atoms with Gasteiger partial charge in [-0.3, -0.25) is 10.3 Å². The summed E-state index contributed by atoms with van der Waals surface area (Å²) in [5, 5.41) is 22.8. The molecule has 0 spiro atoms. The van der Waals surface area contributed by atoms with Crippen molar-refractivity contribution in [3.63, 3.8) is 0 Å². The van der Waals surface area contributed by atoms with Crippen LogP contribution in [0.2, 0.25) is 10.0 Å². The monoisotopic (exact) mass is 476 g/mol. The van der Waals surface area contributed by atoms with Crippen LogP contribution in [0.3, 0.4) is 0 Å². The van der Waals surface area contributed by atoms with E-state index in [-0.39, 0.29) is 44.1 Å². The highest BCUT2D eigenvalue weighted by Crippen LogP contribution is 2.41. The van der Waals surface area contributed by atoms with Crippen molar-refractivity contribution in [1.82, 2.24) is 0 Å². The van der Waals surface area contributed by atoms with E-state index in [0.717, 1.165) is 12.2 Å². The van der Waals surface area contributed by atoms with Gasteiger partial charge in [-0.05, 0) is 30.7 Å². The van der Waals surface area contributed by atoms with Gasteiger partial charge >= 0.3 is 18.0 Å². The number of ether oxygens (including phenoxy) is 1. The van der Waals surface area contributed by atoms with Gasteiger partial charge in [0.15, 0.2) is 0 Å². The summed E-state index contributed by atoms with van der Waals surface area (Å²) >= 11 is 12.4. The lowest BCUT2D eigenvalue weighted by atomic mass is 9.82. The maximum Gasteiger partial charge on any atom is 0.411 e. The first-order chi connectivity index (χ1) is 15.2. The van der Waals surface area contributed by atoms with Gasteiger partial charge in [0.2, 0.25) is 5.54 Å². The van der Waals surface area contributed by atoms with Crippen molar-refractivity contribution < 1.29 is 29.3 Å². The summed E-state index contributed by atoms with van der Waals surface area (Å²) in [4.78, 5) is 40.6. The predicted octanol–water partition coefficient (Wildman–Crippen LogP) is 3.36. The molecule has 1 atom stereocenters. The number of carbonyl (C=O) groups is 3. The standard InChI is InChI=1S/C22H18Cl2N2O6/c1-2-9-32-21(31)25-16-6-4-3-5-13(16)22(20(29)30)14(7-8-18(27)28)19-15(24)10-12(23)11-17(19)26-22/h3-8,10-11H,2,9H2,1H3,(H,25,31)(H,27,28)(H,29,30). The maximum atomic E-state index is 12.7. The molecule has 3 rings (SSSR count). The lowest BCUT2D eigenvalue weighted by Gasteiger charge is -2.27. The van der Waals surface area contributed by atoms with E-state index in [9.17, 15) is 19.5 Å². The van der Waals surface area contributed by atoms with Crippen LogP contribution in [0.25, 0.3) is 5.57 Å². The molecule has 166 valence electrons. The van der Waals surface area contributed by atoms with Gasteiger partial charge in [0.1, 0.15) is 0 Å². The van der Waals surface area contributed by atoms with Crippen molar-refractivity contribution in [2.24, 2.45) is 4.99 Å². The molecule has 1 aliphatic heterocycles. The van der Waals surface area contributed by atoms with Crippen LogP contribution in [0.5, 0.6) is 0 Å². The van der Waals surface area contributed by atoms with Gasteiger partial charge in [-0.15, -0.1) is 0 Å². The number of hydrogen-bond acceptors (Lipinski definition) is 5. The highest BCUT2D eigenvalue weighted by atomic mass is 35.5. The first-order valence-corrected chi connectivity index (χ1v) is 10.2. The molecule has 32 heavy (non-hydrogen) atoms. The Labute approximate surface area is 192 Å². The number of hydrogen-bond donors (Lipinski definition) is 3. The quantitative estimate of drug-likeness (QED) is 0.526. The normalized spacial score (nSPS) is 17.0. The van der Waals surface area contributed by atoms with Crippen molar-refractivity contribution in [2.45, 2.75) is 18.9 Å². The molecule has 0 saturated heterocycles. The van der Waals surface area contributed by atoms with E-state index in [1.807, 2.05) is 6.92 Å². The second kappa shape index (κ2) is 9.42. The van der Waals surface area contributed by atoms with Crippen LogP contribution < -0.4 is 15.9 Å². The van der Waals surface area contributed by atoms with E-state index in [1.54, 1.807) is 12.1 Å². The fraction of sp³-hybridized carbons (Fsp3) is 0.182. The molecule has 1 amide bonds. The Balaban J connectivity index is 2.33. The van der Waals surface area contributed by atoms with E-state index < -0.39 is 23.6 Å². The van der Waals surface area contributed by atoms with E-state index in [0.29, 0.717) is 6.42 Å². The van der Waals surface area contributed by atoms with Gasteiger partial charge in [-0.2, -0.15) is 0 Å². The fourth-order valence-corrected chi connectivity index (χ4v) is 4.01. The minimum atomic E-state index is -2.10. The third-order valence-electron chi connectivity index (χ3n) is 4.67. The number of nitrogens with zero attached hydrogens (tertiary/aromatic N) is 1. The highest BCUT2D eigenvalue weighted by molar-refractivity contribution is 6.34. The van der Waals surface area contributed by atoms with Gasteiger partial charge in [0.25, 0.3) is 0 Å². The highest BCUT2D eigenvalue weighted by Gasteiger charge is 2.48. The number of nitrogens with one attached hydrogen (secondary N) is 1. The van der Waals surface area contributed by atoms with Crippen LogP contribution in [0, 0.1) is 0 Å². The SMILES string of the molecule is CCCOC(=O)Nc1ccccc1C1(C(=O)O)N=c2cc(Cl)cc(Cl)c2=C1C=CC(=O)O. The molecule has 0 bridgehead atoms. The van der Waals surface area contributed by atoms with Crippen LogP contribution in [0.4, 0.5) is 10.5 Å². The number of carbonyl (C=O) groups excluding carboxylic acids is 1. The first-order valence-electron chi connectivity index (χ1n) is 9.48. The van der Waals surface area contributed by atoms with Crippen molar-refractivity contribution >= 4 is 52.5 Å². The summed E-state index contributed by atoms with van der Waals surface area (Å²) in [7, 11) is 0. The molecule has 3 N–H and O–H groups in total. The number of carboxylic acids is 2. The fourth-order valence-electron chi connectivity index (χ4n) is 3.43. The molecule has 0 fully saturated rings. The van der Waals surface area contributed by atoms with Gasteiger partial charge in [-0.1, -0.05) is 48.3 Å². The smallest absolute Gasteiger partial charge is 0.411 e. The zero-order valence-electron chi connectivity index (χ0n) is 16.8. The van der Waals surface area contributed by atoms with Crippen molar-refractivity contribution in [3.05, 3.63) is 74.7 Å².